The molecule has 0 N–H and O–H groups in total. The summed E-state index contributed by atoms with van der Waals surface area (Å²) < 4.78 is 33.1. The van der Waals surface area contributed by atoms with Gasteiger partial charge in [-0.2, -0.15) is 0 Å². The lowest BCUT2D eigenvalue weighted by Crippen LogP contribution is -2.09. The van der Waals surface area contributed by atoms with E-state index in [2.05, 4.69) is 9.15 Å². The van der Waals surface area contributed by atoms with Gasteiger partial charge in [0, 0.05) is 0 Å². The molecular weight excluding hydrogens is 210 g/mol. The van der Waals surface area contributed by atoms with E-state index in [0.29, 0.717) is 0 Å². The molecule has 0 fully saturated rings. The Balaban J connectivity index is 2.80. The van der Waals surface area contributed by atoms with Crippen molar-refractivity contribution in [2.45, 2.75) is 13.3 Å². The van der Waals surface area contributed by atoms with Crippen LogP contribution < -0.4 is 0 Å². The number of halogens is 2. The molecule has 0 amide bonds. The van der Waals surface area contributed by atoms with Crippen molar-refractivity contribution in [2.24, 2.45) is 0 Å². The van der Waals surface area contributed by atoms with Crippen molar-refractivity contribution >= 4 is 11.8 Å². The number of esters is 1. The molecule has 0 aliphatic carbocycles. The average Bonchev–Trinajstić information content (AvgIpc) is 2.65. The van der Waals surface area contributed by atoms with Crippen molar-refractivity contribution in [3.8, 4) is 0 Å². The number of ketones is 1. The highest BCUT2D eigenvalue weighted by Crippen LogP contribution is 2.13. The van der Waals surface area contributed by atoms with Crippen LogP contribution in [-0.4, -0.2) is 24.8 Å². The van der Waals surface area contributed by atoms with Gasteiger partial charge in [-0.05, 0) is 19.1 Å². The van der Waals surface area contributed by atoms with Crippen molar-refractivity contribution in [1.82, 2.24) is 0 Å². The Morgan fingerprint density at radius 3 is 2.53 bits per heavy atom. The molecule has 4 nitrogen and oxygen atoms in total. The smallest absolute Gasteiger partial charge is 0.374 e. The van der Waals surface area contributed by atoms with Crippen LogP contribution in [0.3, 0.4) is 0 Å². The molecule has 6 heteroatoms. The van der Waals surface area contributed by atoms with Crippen molar-refractivity contribution in [2.75, 3.05) is 6.61 Å². The van der Waals surface area contributed by atoms with Gasteiger partial charge in [-0.1, -0.05) is 0 Å². The number of carbonyl (C=O) groups is 2. The second-order valence-electron chi connectivity index (χ2n) is 2.55. The summed E-state index contributed by atoms with van der Waals surface area (Å²) in [6.07, 6.45) is -3.15. The number of alkyl halides is 2. The van der Waals surface area contributed by atoms with Gasteiger partial charge in [0.1, 0.15) is 0 Å². The first-order valence-corrected chi connectivity index (χ1v) is 4.15. The number of rotatable bonds is 4. The highest BCUT2D eigenvalue weighted by molar-refractivity contribution is 5.97. The molecule has 0 saturated heterocycles. The molecule has 0 saturated carbocycles. The van der Waals surface area contributed by atoms with Gasteiger partial charge >= 0.3 is 12.4 Å². The SMILES string of the molecule is CCOC(=O)c1ccc(C(=O)C(F)F)o1. The average molecular weight is 218 g/mol. The number of furan rings is 1. The molecule has 0 radical (unpaired) electrons. The third kappa shape index (κ3) is 2.61. The van der Waals surface area contributed by atoms with E-state index in [4.69, 9.17) is 0 Å². The minimum atomic E-state index is -3.15. The van der Waals surface area contributed by atoms with Crippen LogP contribution in [0.2, 0.25) is 0 Å². The van der Waals surface area contributed by atoms with Gasteiger partial charge in [0.25, 0.3) is 5.78 Å². The lowest BCUT2D eigenvalue weighted by Gasteiger charge is -1.97. The van der Waals surface area contributed by atoms with E-state index >= 15 is 0 Å². The van der Waals surface area contributed by atoms with E-state index in [-0.39, 0.29) is 12.4 Å². The second kappa shape index (κ2) is 4.68. The Bertz CT molecular complexity index is 370. The van der Waals surface area contributed by atoms with E-state index in [1.807, 2.05) is 0 Å². The molecule has 0 unspecified atom stereocenters. The van der Waals surface area contributed by atoms with Crippen LogP contribution in [0.15, 0.2) is 16.5 Å². The van der Waals surface area contributed by atoms with Crippen LogP contribution in [0.5, 0.6) is 0 Å². The van der Waals surface area contributed by atoms with E-state index < -0.39 is 23.9 Å². The second-order valence-corrected chi connectivity index (χ2v) is 2.55. The summed E-state index contributed by atoms with van der Waals surface area (Å²) in [5.41, 5.74) is 0. The van der Waals surface area contributed by atoms with Crippen molar-refractivity contribution < 1.29 is 27.5 Å². The lowest BCUT2D eigenvalue weighted by molar-refractivity contribution is 0.0482. The number of Topliss-reactive ketones (excluding diaryl/α,β-unsaturated/α-hetero) is 1. The van der Waals surface area contributed by atoms with Crippen LogP contribution in [-0.2, 0) is 4.74 Å². The third-order valence-corrected chi connectivity index (χ3v) is 1.52. The molecular formula is C9H8F2O4. The first-order valence-electron chi connectivity index (χ1n) is 4.15. The van der Waals surface area contributed by atoms with Gasteiger partial charge in [0.2, 0.25) is 5.76 Å². The highest BCUT2D eigenvalue weighted by atomic mass is 19.3. The largest absolute Gasteiger partial charge is 0.460 e. The van der Waals surface area contributed by atoms with E-state index in [0.717, 1.165) is 12.1 Å². The quantitative estimate of drug-likeness (QED) is 0.572. The molecule has 0 aromatic carbocycles. The number of hydrogen-bond acceptors (Lipinski definition) is 4. The molecule has 0 atom stereocenters. The predicted octanol–water partition coefficient (Wildman–Crippen LogP) is 1.90. The Morgan fingerprint density at radius 2 is 2.00 bits per heavy atom. The summed E-state index contributed by atoms with van der Waals surface area (Å²) in [7, 11) is 0. The number of carbonyl (C=O) groups excluding carboxylic acids is 2. The van der Waals surface area contributed by atoms with Gasteiger partial charge in [0.05, 0.1) is 6.61 Å². The highest BCUT2D eigenvalue weighted by Gasteiger charge is 2.23. The zero-order valence-corrected chi connectivity index (χ0v) is 7.83. The Hall–Kier alpha value is -1.72. The van der Waals surface area contributed by atoms with Gasteiger partial charge in [-0.3, -0.25) is 4.79 Å². The van der Waals surface area contributed by atoms with Gasteiger partial charge < -0.3 is 9.15 Å². The molecule has 1 aromatic rings. The van der Waals surface area contributed by atoms with E-state index in [1.165, 1.54) is 0 Å². The molecule has 1 aromatic heterocycles. The summed E-state index contributed by atoms with van der Waals surface area (Å²) in [5, 5.41) is 0. The first-order chi connectivity index (χ1) is 7.06. The van der Waals surface area contributed by atoms with Crippen LogP contribution >= 0.6 is 0 Å². The molecule has 0 bridgehead atoms. The van der Waals surface area contributed by atoms with Crippen molar-refractivity contribution in [1.29, 1.82) is 0 Å². The summed E-state index contributed by atoms with van der Waals surface area (Å²) >= 11 is 0. The minimum Gasteiger partial charge on any atom is -0.460 e. The van der Waals surface area contributed by atoms with E-state index in [1.54, 1.807) is 6.92 Å². The van der Waals surface area contributed by atoms with Crippen LogP contribution in [0.1, 0.15) is 28.0 Å². The Kier molecular flexibility index (Phi) is 3.54. The molecule has 1 heterocycles. The van der Waals surface area contributed by atoms with Gasteiger partial charge in [-0.25, -0.2) is 13.6 Å². The maximum Gasteiger partial charge on any atom is 0.374 e. The number of hydrogen-bond donors (Lipinski definition) is 0. The molecule has 0 aliphatic rings. The summed E-state index contributed by atoms with van der Waals surface area (Å²) in [5.74, 6) is -3.05. The normalized spacial score (nSPS) is 10.4. The van der Waals surface area contributed by atoms with Crippen LogP contribution in [0, 0.1) is 0 Å². The Labute approximate surface area is 83.8 Å². The monoisotopic (exact) mass is 218 g/mol. The summed E-state index contributed by atoms with van der Waals surface area (Å²) in [4.78, 5) is 21.8. The van der Waals surface area contributed by atoms with Crippen molar-refractivity contribution in [3.63, 3.8) is 0 Å². The van der Waals surface area contributed by atoms with E-state index in [9.17, 15) is 18.4 Å². The standard InChI is InChI=1S/C9H8F2O4/c1-2-14-9(13)6-4-3-5(15-6)7(12)8(10)11/h3-4,8H,2H2,1H3. The third-order valence-electron chi connectivity index (χ3n) is 1.52. The number of ether oxygens (including phenoxy) is 1. The molecule has 82 valence electrons. The maximum absolute atomic E-state index is 11.9. The Morgan fingerprint density at radius 1 is 1.40 bits per heavy atom. The zero-order valence-electron chi connectivity index (χ0n) is 7.83. The fourth-order valence-electron chi connectivity index (χ4n) is 0.890. The van der Waals surface area contributed by atoms with Crippen LogP contribution in [0.4, 0.5) is 8.78 Å². The topological polar surface area (TPSA) is 56.5 Å². The predicted molar refractivity (Wildman–Crippen MR) is 45.0 cm³/mol. The van der Waals surface area contributed by atoms with Gasteiger partial charge in [-0.15, -0.1) is 0 Å². The molecule has 0 aliphatic heterocycles. The van der Waals surface area contributed by atoms with Gasteiger partial charge in [0.15, 0.2) is 5.76 Å². The maximum atomic E-state index is 11.9. The van der Waals surface area contributed by atoms with Crippen molar-refractivity contribution in [3.05, 3.63) is 23.7 Å². The zero-order chi connectivity index (χ0) is 11.4. The summed E-state index contributed by atoms with van der Waals surface area (Å²) in [6, 6.07) is 2.13. The molecule has 15 heavy (non-hydrogen) atoms. The lowest BCUT2D eigenvalue weighted by atomic mass is 10.3. The van der Waals surface area contributed by atoms with Crippen LogP contribution in [0.25, 0.3) is 0 Å². The molecule has 1 rings (SSSR count). The molecule has 0 spiro atoms. The minimum absolute atomic E-state index is 0.137. The first kappa shape index (κ1) is 11.4. The fraction of sp³-hybridized carbons (Fsp3) is 0.333. The fourth-order valence-corrected chi connectivity index (χ4v) is 0.890. The summed E-state index contributed by atoms with van der Waals surface area (Å²) in [6.45, 7) is 1.73.